The average molecular weight is 364 g/mol. The zero-order valence-corrected chi connectivity index (χ0v) is 15.3. The maximum Gasteiger partial charge on any atom is 0.228 e. The van der Waals surface area contributed by atoms with Crippen molar-refractivity contribution >= 4 is 17.6 Å². The molecule has 0 radical (unpaired) electrons. The molecule has 2 aliphatic rings. The molecule has 1 aromatic heterocycles. The zero-order valence-electron chi connectivity index (χ0n) is 15.3. The molecule has 1 aromatic carbocycles. The van der Waals surface area contributed by atoms with E-state index >= 15 is 0 Å². The number of aromatic nitrogens is 1. The van der Waals surface area contributed by atoms with Gasteiger partial charge in [0.25, 0.3) is 0 Å². The van der Waals surface area contributed by atoms with Crippen molar-refractivity contribution in [3.05, 3.63) is 60.3 Å². The van der Waals surface area contributed by atoms with Crippen molar-refractivity contribution < 1.29 is 9.59 Å². The van der Waals surface area contributed by atoms with Gasteiger partial charge in [-0.3, -0.25) is 9.59 Å². The topological polar surface area (TPSA) is 56.8 Å². The second kappa shape index (κ2) is 7.78. The molecule has 2 saturated heterocycles. The van der Waals surface area contributed by atoms with E-state index in [-0.39, 0.29) is 17.7 Å². The molecule has 4 rings (SSSR count). The van der Waals surface area contributed by atoms with Crippen LogP contribution in [-0.2, 0) is 16.1 Å². The predicted octanol–water partition coefficient (Wildman–Crippen LogP) is 1.78. The van der Waals surface area contributed by atoms with Gasteiger partial charge in [0.15, 0.2) is 0 Å². The fourth-order valence-corrected chi connectivity index (χ4v) is 3.85. The number of benzene rings is 1. The lowest BCUT2D eigenvalue weighted by molar-refractivity contribution is -0.136. The minimum atomic E-state index is -0.220. The van der Waals surface area contributed by atoms with Crippen molar-refractivity contribution in [1.82, 2.24) is 14.8 Å². The Hall–Kier alpha value is -2.89. The highest BCUT2D eigenvalue weighted by Crippen LogP contribution is 2.23. The molecule has 0 N–H and O–H groups in total. The lowest BCUT2D eigenvalue weighted by Crippen LogP contribution is -2.50. The van der Waals surface area contributed by atoms with Crippen molar-refractivity contribution in [2.24, 2.45) is 5.92 Å². The first-order valence-electron chi connectivity index (χ1n) is 9.47. The average Bonchev–Trinajstić information content (AvgIpc) is 3.09. The van der Waals surface area contributed by atoms with Gasteiger partial charge in [-0.2, -0.15) is 0 Å². The van der Waals surface area contributed by atoms with Crippen LogP contribution in [-0.4, -0.2) is 59.3 Å². The summed E-state index contributed by atoms with van der Waals surface area (Å²) in [6.07, 6.45) is 2.12. The fraction of sp³-hybridized carbons (Fsp3) is 0.381. The van der Waals surface area contributed by atoms with Gasteiger partial charge >= 0.3 is 0 Å². The molecular formula is C21H24N4O2. The van der Waals surface area contributed by atoms with Gasteiger partial charge in [-0.15, -0.1) is 0 Å². The van der Waals surface area contributed by atoms with E-state index in [0.717, 1.165) is 24.5 Å². The molecule has 1 unspecified atom stereocenters. The molecule has 2 amide bonds. The van der Waals surface area contributed by atoms with Crippen molar-refractivity contribution in [2.75, 3.05) is 37.6 Å². The summed E-state index contributed by atoms with van der Waals surface area (Å²) in [5.74, 6) is 0.918. The van der Waals surface area contributed by atoms with E-state index in [1.807, 2.05) is 58.3 Å². The second-order valence-corrected chi connectivity index (χ2v) is 7.16. The Morgan fingerprint density at radius 2 is 1.74 bits per heavy atom. The molecule has 0 spiro atoms. The van der Waals surface area contributed by atoms with Crippen LogP contribution in [0.5, 0.6) is 0 Å². The molecule has 2 aliphatic heterocycles. The van der Waals surface area contributed by atoms with Crippen LogP contribution in [0.25, 0.3) is 0 Å². The van der Waals surface area contributed by atoms with Gasteiger partial charge in [-0.1, -0.05) is 36.4 Å². The molecule has 0 aliphatic carbocycles. The number of carbonyl (C=O) groups excluding carboxylic acids is 2. The molecule has 2 aromatic rings. The summed E-state index contributed by atoms with van der Waals surface area (Å²) in [6, 6.07) is 15.8. The third-order valence-electron chi connectivity index (χ3n) is 5.34. The van der Waals surface area contributed by atoms with E-state index in [9.17, 15) is 9.59 Å². The summed E-state index contributed by atoms with van der Waals surface area (Å²) < 4.78 is 0. The van der Waals surface area contributed by atoms with Gasteiger partial charge in [0.2, 0.25) is 11.8 Å². The second-order valence-electron chi connectivity index (χ2n) is 7.16. The predicted molar refractivity (Wildman–Crippen MR) is 103 cm³/mol. The van der Waals surface area contributed by atoms with Crippen molar-refractivity contribution in [3.8, 4) is 0 Å². The van der Waals surface area contributed by atoms with E-state index in [2.05, 4.69) is 9.88 Å². The first kappa shape index (κ1) is 17.5. The van der Waals surface area contributed by atoms with Crippen LogP contribution in [0.3, 0.4) is 0 Å². The smallest absolute Gasteiger partial charge is 0.228 e. The van der Waals surface area contributed by atoms with Crippen LogP contribution < -0.4 is 4.90 Å². The van der Waals surface area contributed by atoms with Gasteiger partial charge in [0.1, 0.15) is 5.82 Å². The number of rotatable bonds is 4. The Balaban J connectivity index is 1.32. The first-order chi connectivity index (χ1) is 13.2. The van der Waals surface area contributed by atoms with Crippen LogP contribution in [0, 0.1) is 5.92 Å². The number of likely N-dealkylation sites (tertiary alicyclic amines) is 1. The fourth-order valence-electron chi connectivity index (χ4n) is 3.85. The van der Waals surface area contributed by atoms with Gasteiger partial charge in [-0.05, 0) is 17.7 Å². The number of nitrogens with zero attached hydrogens (tertiary/aromatic N) is 4. The molecular weight excluding hydrogens is 340 g/mol. The monoisotopic (exact) mass is 364 g/mol. The Bertz CT molecular complexity index is 788. The lowest BCUT2D eigenvalue weighted by Gasteiger charge is -2.36. The number of hydrogen-bond acceptors (Lipinski definition) is 4. The molecule has 0 saturated carbocycles. The first-order valence-corrected chi connectivity index (χ1v) is 9.47. The van der Waals surface area contributed by atoms with E-state index in [0.29, 0.717) is 32.6 Å². The lowest BCUT2D eigenvalue weighted by atomic mass is 10.1. The number of anilines is 1. The summed E-state index contributed by atoms with van der Waals surface area (Å²) in [5.41, 5.74) is 1.10. The van der Waals surface area contributed by atoms with E-state index < -0.39 is 0 Å². The highest BCUT2D eigenvalue weighted by Gasteiger charge is 2.37. The SMILES string of the molecule is O=C1CC(C(=O)N2CCN(c3ccccn3)CC2)CN1Cc1ccccc1. The molecule has 27 heavy (non-hydrogen) atoms. The van der Waals surface area contributed by atoms with Crippen molar-refractivity contribution in [1.29, 1.82) is 0 Å². The van der Waals surface area contributed by atoms with Crippen LogP contribution in [0.2, 0.25) is 0 Å². The third-order valence-corrected chi connectivity index (χ3v) is 5.34. The minimum Gasteiger partial charge on any atom is -0.353 e. The maximum atomic E-state index is 12.9. The summed E-state index contributed by atoms with van der Waals surface area (Å²) in [7, 11) is 0. The highest BCUT2D eigenvalue weighted by molar-refractivity contribution is 5.89. The summed E-state index contributed by atoms with van der Waals surface area (Å²) in [5, 5.41) is 0. The van der Waals surface area contributed by atoms with E-state index in [1.54, 1.807) is 6.20 Å². The van der Waals surface area contributed by atoms with Crippen LogP contribution in [0.1, 0.15) is 12.0 Å². The van der Waals surface area contributed by atoms with Crippen LogP contribution in [0.15, 0.2) is 54.7 Å². The van der Waals surface area contributed by atoms with Crippen LogP contribution in [0.4, 0.5) is 5.82 Å². The standard InChI is InChI=1S/C21H24N4O2/c26-20-14-18(16-25(20)15-17-6-2-1-3-7-17)21(27)24-12-10-23(11-13-24)19-8-4-5-9-22-19/h1-9,18H,10-16H2. The van der Waals surface area contributed by atoms with Gasteiger partial charge in [-0.25, -0.2) is 4.98 Å². The highest BCUT2D eigenvalue weighted by atomic mass is 16.2. The number of carbonyl (C=O) groups is 2. The van der Waals surface area contributed by atoms with Gasteiger partial charge in [0, 0.05) is 51.9 Å². The largest absolute Gasteiger partial charge is 0.353 e. The Morgan fingerprint density at radius 1 is 1.00 bits per heavy atom. The van der Waals surface area contributed by atoms with Crippen LogP contribution >= 0.6 is 0 Å². The van der Waals surface area contributed by atoms with Crippen molar-refractivity contribution in [3.63, 3.8) is 0 Å². The van der Waals surface area contributed by atoms with Crippen molar-refractivity contribution in [2.45, 2.75) is 13.0 Å². The number of amides is 2. The Morgan fingerprint density at radius 3 is 2.44 bits per heavy atom. The molecule has 1 atom stereocenters. The molecule has 6 heteroatoms. The summed E-state index contributed by atoms with van der Waals surface area (Å²) in [4.78, 5) is 35.5. The summed E-state index contributed by atoms with van der Waals surface area (Å²) in [6.45, 7) is 4.01. The molecule has 6 nitrogen and oxygen atoms in total. The Kier molecular flexibility index (Phi) is 5.05. The number of piperazine rings is 1. The van der Waals surface area contributed by atoms with E-state index in [4.69, 9.17) is 0 Å². The van der Waals surface area contributed by atoms with Gasteiger partial charge in [0.05, 0.1) is 5.92 Å². The normalized spacial score (nSPS) is 20.2. The maximum absolute atomic E-state index is 12.9. The molecule has 140 valence electrons. The minimum absolute atomic E-state index is 0.0734. The van der Waals surface area contributed by atoms with E-state index in [1.165, 1.54) is 0 Å². The van der Waals surface area contributed by atoms with Gasteiger partial charge < -0.3 is 14.7 Å². The third kappa shape index (κ3) is 3.94. The Labute approximate surface area is 159 Å². The molecule has 0 bridgehead atoms. The zero-order chi connectivity index (χ0) is 18.6. The molecule has 2 fully saturated rings. The molecule has 3 heterocycles. The number of hydrogen-bond donors (Lipinski definition) is 0. The summed E-state index contributed by atoms with van der Waals surface area (Å²) >= 11 is 0. The number of pyridine rings is 1. The quantitative estimate of drug-likeness (QED) is 0.830.